The van der Waals surface area contributed by atoms with E-state index in [9.17, 15) is 34.8 Å². The zero-order valence-corrected chi connectivity index (χ0v) is 22.9. The van der Waals surface area contributed by atoms with Gasteiger partial charge in [0.25, 0.3) is 15.6 Å². The predicted octanol–water partition coefficient (Wildman–Crippen LogP) is 6.10. The zero-order valence-electron chi connectivity index (χ0n) is 20.3. The Labute approximate surface area is 207 Å². The van der Waals surface area contributed by atoms with E-state index < -0.39 is 61.1 Å². The van der Waals surface area contributed by atoms with Crippen LogP contribution in [0.4, 0.5) is 26.3 Å². The maximum absolute atomic E-state index is 14.3. The number of sulfonamides is 1. The molecule has 1 aliphatic rings. The van der Waals surface area contributed by atoms with Gasteiger partial charge in [-0.3, -0.25) is 4.68 Å². The Bertz CT molecular complexity index is 965. The molecular formula is C20H32ClF6N3O3SSi. The number of halogens is 7. The number of hydrogen-bond acceptors (Lipinski definition) is 4. The average Bonchev–Trinajstić information content (AvgIpc) is 3.02. The third-order valence-corrected chi connectivity index (χ3v) is 13.9. The third-order valence-electron chi connectivity index (χ3n) is 7.19. The van der Waals surface area contributed by atoms with Gasteiger partial charge in [0.1, 0.15) is 5.15 Å². The summed E-state index contributed by atoms with van der Waals surface area (Å²) in [4.78, 5) is 0. The van der Waals surface area contributed by atoms with Crippen molar-refractivity contribution in [3.63, 3.8) is 0 Å². The molecule has 1 heterocycles. The van der Waals surface area contributed by atoms with Crippen molar-refractivity contribution in [2.75, 3.05) is 0 Å². The summed E-state index contributed by atoms with van der Waals surface area (Å²) >= 11 is 5.97. The predicted molar refractivity (Wildman–Crippen MR) is 122 cm³/mol. The third kappa shape index (κ3) is 5.70. The van der Waals surface area contributed by atoms with E-state index in [1.54, 1.807) is 20.8 Å². The average molecular weight is 572 g/mol. The first kappa shape index (κ1) is 30.4. The molecular weight excluding hydrogens is 540 g/mol. The van der Waals surface area contributed by atoms with Gasteiger partial charge in [-0.2, -0.15) is 31.4 Å². The topological polar surface area (TPSA) is 73.2 Å². The molecule has 1 aliphatic carbocycles. The Balaban J connectivity index is 2.34. The van der Waals surface area contributed by atoms with Crippen molar-refractivity contribution >= 4 is 29.9 Å². The van der Waals surface area contributed by atoms with E-state index >= 15 is 0 Å². The number of nitrogens with one attached hydrogen (secondary N) is 1. The summed E-state index contributed by atoms with van der Waals surface area (Å²) in [5.41, 5.74) is -4.10. The Morgan fingerprint density at radius 1 is 1.03 bits per heavy atom. The second-order valence-corrected chi connectivity index (χ2v) is 15.8. The molecule has 15 heteroatoms. The number of hydrogen-bond donors (Lipinski definition) is 1. The number of alkyl halides is 6. The molecule has 0 aromatic carbocycles. The van der Waals surface area contributed by atoms with Gasteiger partial charge in [-0.15, -0.1) is 0 Å². The second-order valence-electron chi connectivity index (χ2n) is 9.09. The van der Waals surface area contributed by atoms with E-state index in [2.05, 4.69) is 9.82 Å². The smallest absolute Gasteiger partial charge is 0.396 e. The summed E-state index contributed by atoms with van der Waals surface area (Å²) in [6.07, 6.45) is -12.8. The van der Waals surface area contributed by atoms with E-state index in [0.717, 1.165) is 4.68 Å². The first-order valence-corrected chi connectivity index (χ1v) is 15.9. The summed E-state index contributed by atoms with van der Waals surface area (Å²) in [6.45, 7) is 6.14. The van der Waals surface area contributed by atoms with Crippen molar-refractivity contribution < 1.29 is 39.2 Å². The van der Waals surface area contributed by atoms with Crippen molar-refractivity contribution in [2.45, 2.75) is 101 Å². The van der Waals surface area contributed by atoms with Crippen LogP contribution in [0, 0.1) is 12.8 Å². The molecule has 0 spiro atoms. The number of rotatable bonds is 9. The molecule has 204 valence electrons. The molecule has 0 atom stereocenters. The molecule has 0 unspecified atom stereocenters. The molecule has 0 radical (unpaired) electrons. The first-order valence-electron chi connectivity index (χ1n) is 11.5. The van der Waals surface area contributed by atoms with Crippen molar-refractivity contribution in [3.8, 4) is 0 Å². The van der Waals surface area contributed by atoms with Crippen LogP contribution in [-0.4, -0.2) is 50.5 Å². The summed E-state index contributed by atoms with van der Waals surface area (Å²) in [7, 11) is -6.07. The lowest BCUT2D eigenvalue weighted by Gasteiger charge is -2.49. The van der Waals surface area contributed by atoms with Crippen molar-refractivity contribution in [1.82, 2.24) is 14.5 Å². The Morgan fingerprint density at radius 2 is 1.49 bits per heavy atom. The molecule has 0 aliphatic heterocycles. The Morgan fingerprint density at radius 3 is 1.83 bits per heavy atom. The van der Waals surface area contributed by atoms with Gasteiger partial charge < -0.3 is 4.43 Å². The van der Waals surface area contributed by atoms with Crippen molar-refractivity contribution in [2.24, 2.45) is 13.0 Å². The lowest BCUT2D eigenvalue weighted by Crippen LogP contribution is -2.68. The maximum atomic E-state index is 14.3. The lowest BCUT2D eigenvalue weighted by atomic mass is 9.74. The van der Waals surface area contributed by atoms with Crippen molar-refractivity contribution in [1.29, 1.82) is 0 Å². The highest BCUT2D eigenvalue weighted by molar-refractivity contribution is 7.89. The van der Waals surface area contributed by atoms with Crippen LogP contribution in [-0.2, 0) is 21.5 Å². The summed E-state index contributed by atoms with van der Waals surface area (Å²) < 4.78 is 120. The maximum Gasteiger partial charge on any atom is 0.425 e. The van der Waals surface area contributed by atoms with Crippen LogP contribution < -0.4 is 4.72 Å². The fourth-order valence-electron chi connectivity index (χ4n) is 4.87. The highest BCUT2D eigenvalue weighted by Gasteiger charge is 2.76. The zero-order chi connectivity index (χ0) is 27.0. The number of aromatic nitrogens is 2. The minimum atomic E-state index is -5.68. The molecule has 0 bridgehead atoms. The Kier molecular flexibility index (Phi) is 9.12. The molecule has 6 nitrogen and oxygen atoms in total. The highest BCUT2D eigenvalue weighted by atomic mass is 35.5. The number of nitrogens with zero attached hydrogens (tertiary/aromatic N) is 2. The quantitative estimate of drug-likeness (QED) is 0.287. The minimum absolute atomic E-state index is 0.0989. The fourth-order valence-corrected chi connectivity index (χ4v) is 9.58. The summed E-state index contributed by atoms with van der Waals surface area (Å²) in [6, 6.07) is -0.486. The minimum Gasteiger partial charge on any atom is -0.396 e. The van der Waals surface area contributed by atoms with Crippen LogP contribution in [0.15, 0.2) is 5.03 Å². The van der Waals surface area contributed by atoms with Crippen LogP contribution in [0.5, 0.6) is 0 Å². The monoisotopic (exact) mass is 571 g/mol. The van der Waals surface area contributed by atoms with E-state index in [0.29, 0.717) is 0 Å². The molecule has 1 fully saturated rings. The van der Waals surface area contributed by atoms with Crippen molar-refractivity contribution in [3.05, 3.63) is 10.7 Å². The summed E-state index contributed by atoms with van der Waals surface area (Å²) in [5, 5.41) is 3.62. The largest absolute Gasteiger partial charge is 0.425 e. The highest BCUT2D eigenvalue weighted by Crippen LogP contribution is 2.56. The van der Waals surface area contributed by atoms with Crippen LogP contribution in [0.3, 0.4) is 0 Å². The van der Waals surface area contributed by atoms with Gasteiger partial charge in [0, 0.05) is 24.6 Å². The SMILES string of the molecule is CC[Si](CC)(CC)OC(C1CCC(NS(=O)(=O)c2nn(C)c(Cl)c2C)CC1)(C(F)(F)F)C(F)(F)F. The van der Waals surface area contributed by atoms with Gasteiger partial charge >= 0.3 is 12.4 Å². The van der Waals surface area contributed by atoms with Crippen LogP contribution in [0.2, 0.25) is 23.3 Å². The normalized spacial score (nSPS) is 20.9. The molecule has 1 aromatic rings. The van der Waals surface area contributed by atoms with Crippen LogP contribution >= 0.6 is 11.6 Å². The van der Waals surface area contributed by atoms with E-state index in [1.807, 2.05) is 0 Å². The molecule has 0 amide bonds. The molecule has 1 aromatic heterocycles. The summed E-state index contributed by atoms with van der Waals surface area (Å²) in [5.74, 6) is -1.88. The van der Waals surface area contributed by atoms with Gasteiger partial charge in [0.05, 0.1) is 0 Å². The van der Waals surface area contributed by atoms with Gasteiger partial charge in [-0.25, -0.2) is 13.1 Å². The second kappa shape index (κ2) is 10.5. The van der Waals surface area contributed by atoms with Gasteiger partial charge in [-0.1, -0.05) is 32.4 Å². The first-order chi connectivity index (χ1) is 15.9. The van der Waals surface area contributed by atoms with Gasteiger partial charge in [-0.05, 0) is 50.7 Å². The van der Waals surface area contributed by atoms with Crippen LogP contribution in [0.1, 0.15) is 52.0 Å². The Hall–Kier alpha value is -0.833. The van der Waals surface area contributed by atoms with Gasteiger partial charge in [0.2, 0.25) is 0 Å². The lowest BCUT2D eigenvalue weighted by molar-refractivity contribution is -0.380. The van der Waals surface area contributed by atoms with Crippen LogP contribution in [0.25, 0.3) is 0 Å². The molecule has 1 N–H and O–H groups in total. The van der Waals surface area contributed by atoms with E-state index in [-0.39, 0.29) is 46.7 Å². The molecule has 35 heavy (non-hydrogen) atoms. The number of aryl methyl sites for hydroxylation is 1. The van der Waals surface area contributed by atoms with E-state index in [4.69, 9.17) is 16.0 Å². The molecule has 2 rings (SSSR count). The standard InChI is InChI=1S/C20H32ClF6N3O3SSi/c1-6-35(7-2,8-3)33-18(19(22,23)24,20(25,26)27)14-9-11-15(12-10-14)29-34(31,32)17-13(4)16(21)30(5)28-17/h14-15,29H,6-12H2,1-5H3. The van der Waals surface area contributed by atoms with E-state index in [1.165, 1.54) is 14.0 Å². The molecule has 1 saturated carbocycles. The van der Waals surface area contributed by atoms with Gasteiger partial charge in [0.15, 0.2) is 13.3 Å². The fraction of sp³-hybridized carbons (Fsp3) is 0.850. The molecule has 0 saturated heterocycles.